The predicted molar refractivity (Wildman–Crippen MR) is 104 cm³/mol. The summed E-state index contributed by atoms with van der Waals surface area (Å²) < 4.78 is 53.5. The first-order chi connectivity index (χ1) is 13.3. The van der Waals surface area contributed by atoms with Crippen LogP contribution >= 0.6 is 0 Å². The highest BCUT2D eigenvalue weighted by Crippen LogP contribution is 2.23. The lowest BCUT2D eigenvalue weighted by Crippen LogP contribution is -2.33. The van der Waals surface area contributed by atoms with Gasteiger partial charge in [0.25, 0.3) is 20.0 Å². The Labute approximate surface area is 161 Å². The van der Waals surface area contributed by atoms with Gasteiger partial charge in [-0.1, -0.05) is 48.5 Å². The van der Waals surface area contributed by atoms with Gasteiger partial charge in [0.2, 0.25) is 0 Å². The van der Waals surface area contributed by atoms with Gasteiger partial charge in [-0.2, -0.15) is 7.94 Å². The van der Waals surface area contributed by atoms with E-state index in [-0.39, 0.29) is 20.8 Å². The zero-order chi connectivity index (χ0) is 19.9. The Morgan fingerprint density at radius 2 is 0.821 bits per heavy atom. The molecule has 0 aliphatic rings. The Kier molecular flexibility index (Phi) is 4.20. The zero-order valence-electron chi connectivity index (χ0n) is 14.3. The molecular formula is C19H14N2O5S2. The van der Waals surface area contributed by atoms with E-state index < -0.39 is 25.7 Å². The van der Waals surface area contributed by atoms with Crippen LogP contribution in [0.15, 0.2) is 99.5 Å². The van der Waals surface area contributed by atoms with E-state index in [0.29, 0.717) is 7.94 Å². The molecule has 0 unspecified atom stereocenters. The van der Waals surface area contributed by atoms with Gasteiger partial charge < -0.3 is 0 Å². The highest BCUT2D eigenvalue weighted by atomic mass is 32.2. The zero-order valence-corrected chi connectivity index (χ0v) is 16.0. The minimum Gasteiger partial charge on any atom is -0.245 e. The van der Waals surface area contributed by atoms with E-state index in [1.807, 2.05) is 0 Å². The van der Waals surface area contributed by atoms with E-state index in [0.717, 1.165) is 0 Å². The molecule has 1 aromatic heterocycles. The van der Waals surface area contributed by atoms with Gasteiger partial charge in [0.15, 0.2) is 0 Å². The quantitative estimate of drug-likeness (QED) is 0.511. The van der Waals surface area contributed by atoms with Crippen LogP contribution < -0.4 is 5.69 Å². The molecule has 1 heterocycles. The fraction of sp³-hybridized carbons (Fsp3) is 0. The Hall–Kier alpha value is -3.17. The number of nitrogens with zero attached hydrogens (tertiary/aromatic N) is 2. The molecule has 142 valence electrons. The minimum absolute atomic E-state index is 0.0177. The molecule has 0 atom stereocenters. The molecule has 0 amide bonds. The summed E-state index contributed by atoms with van der Waals surface area (Å²) >= 11 is 0. The summed E-state index contributed by atoms with van der Waals surface area (Å²) in [4.78, 5) is 12.9. The SMILES string of the molecule is O=c1n(S(=O)(=O)c2ccccc2)c2ccccc2n1S(=O)(=O)c1ccccc1. The molecule has 4 aromatic rings. The molecule has 7 nitrogen and oxygen atoms in total. The first-order valence-corrected chi connectivity index (χ1v) is 11.1. The van der Waals surface area contributed by atoms with Gasteiger partial charge in [-0.05, 0) is 36.4 Å². The van der Waals surface area contributed by atoms with E-state index in [2.05, 4.69) is 0 Å². The summed E-state index contributed by atoms with van der Waals surface area (Å²) in [5.41, 5.74) is -1.21. The summed E-state index contributed by atoms with van der Waals surface area (Å²) in [7, 11) is -8.60. The van der Waals surface area contributed by atoms with Crippen molar-refractivity contribution in [3.8, 4) is 0 Å². The summed E-state index contributed by atoms with van der Waals surface area (Å²) in [6, 6.07) is 20.7. The molecule has 4 rings (SSSR count). The van der Waals surface area contributed by atoms with E-state index in [1.54, 1.807) is 12.1 Å². The topological polar surface area (TPSA) is 95.2 Å². The molecular weight excluding hydrogens is 400 g/mol. The van der Waals surface area contributed by atoms with Gasteiger partial charge >= 0.3 is 5.69 Å². The maximum atomic E-state index is 13.1. The van der Waals surface area contributed by atoms with Crippen LogP contribution in [0.2, 0.25) is 0 Å². The maximum absolute atomic E-state index is 13.1. The predicted octanol–water partition coefficient (Wildman–Crippen LogP) is 2.28. The van der Waals surface area contributed by atoms with Crippen molar-refractivity contribution in [2.24, 2.45) is 0 Å². The van der Waals surface area contributed by atoms with Crippen LogP contribution in [-0.2, 0) is 20.0 Å². The Morgan fingerprint density at radius 1 is 0.500 bits per heavy atom. The summed E-state index contributed by atoms with van der Waals surface area (Å²) in [5.74, 6) is 0. The van der Waals surface area contributed by atoms with Gasteiger partial charge in [0, 0.05) is 0 Å². The fourth-order valence-corrected chi connectivity index (χ4v) is 5.83. The standard InChI is InChI=1S/C19H14N2O5S2/c22-19-20(27(23,24)15-9-3-1-4-10-15)17-13-7-8-14-18(17)21(19)28(25,26)16-11-5-2-6-12-16/h1-14H. The Morgan fingerprint density at radius 3 is 1.18 bits per heavy atom. The van der Waals surface area contributed by atoms with Crippen molar-refractivity contribution in [3.05, 3.63) is 95.4 Å². The van der Waals surface area contributed by atoms with Gasteiger partial charge in [0.05, 0.1) is 20.8 Å². The first-order valence-electron chi connectivity index (χ1n) is 8.19. The van der Waals surface area contributed by atoms with Gasteiger partial charge in [-0.3, -0.25) is 0 Å². The van der Waals surface area contributed by atoms with E-state index in [4.69, 9.17) is 0 Å². The van der Waals surface area contributed by atoms with Crippen LogP contribution in [0.25, 0.3) is 11.0 Å². The van der Waals surface area contributed by atoms with Crippen molar-refractivity contribution >= 4 is 31.1 Å². The van der Waals surface area contributed by atoms with E-state index >= 15 is 0 Å². The molecule has 0 N–H and O–H groups in total. The second kappa shape index (κ2) is 6.47. The van der Waals surface area contributed by atoms with Crippen molar-refractivity contribution in [1.29, 1.82) is 0 Å². The lowest BCUT2D eigenvalue weighted by molar-refractivity contribution is 0.582. The third-order valence-corrected chi connectivity index (χ3v) is 7.63. The smallest absolute Gasteiger partial charge is 0.245 e. The van der Waals surface area contributed by atoms with E-state index in [1.165, 1.54) is 72.8 Å². The van der Waals surface area contributed by atoms with Crippen LogP contribution in [0, 0.1) is 0 Å². The lowest BCUT2D eigenvalue weighted by Gasteiger charge is -2.06. The number of benzene rings is 3. The monoisotopic (exact) mass is 414 g/mol. The first kappa shape index (κ1) is 18.2. The molecule has 9 heteroatoms. The molecule has 0 saturated heterocycles. The summed E-state index contributed by atoms with van der Waals surface area (Å²) in [5, 5.41) is 0. The summed E-state index contributed by atoms with van der Waals surface area (Å²) in [6.45, 7) is 0. The van der Waals surface area contributed by atoms with Crippen molar-refractivity contribution in [2.75, 3.05) is 0 Å². The molecule has 0 aliphatic heterocycles. The number of fused-ring (bicyclic) bond motifs is 1. The van der Waals surface area contributed by atoms with Gasteiger partial charge in [-0.15, -0.1) is 0 Å². The Bertz CT molecular complexity index is 1330. The number of hydrogen-bond acceptors (Lipinski definition) is 5. The number of imidazole rings is 1. The molecule has 28 heavy (non-hydrogen) atoms. The number of rotatable bonds is 4. The summed E-state index contributed by atoms with van der Waals surface area (Å²) in [6.07, 6.45) is 0. The highest BCUT2D eigenvalue weighted by molar-refractivity contribution is 7.91. The van der Waals surface area contributed by atoms with Crippen molar-refractivity contribution < 1.29 is 16.8 Å². The average molecular weight is 414 g/mol. The van der Waals surface area contributed by atoms with Crippen LogP contribution in [0.5, 0.6) is 0 Å². The van der Waals surface area contributed by atoms with Gasteiger partial charge in [0.1, 0.15) is 0 Å². The van der Waals surface area contributed by atoms with Crippen LogP contribution in [-0.4, -0.2) is 24.8 Å². The maximum Gasteiger partial charge on any atom is 0.357 e. The average Bonchev–Trinajstić information content (AvgIpc) is 3.02. The second-order valence-corrected chi connectivity index (χ2v) is 9.51. The van der Waals surface area contributed by atoms with Crippen molar-refractivity contribution in [2.45, 2.75) is 9.79 Å². The molecule has 0 saturated carbocycles. The molecule has 0 fully saturated rings. The minimum atomic E-state index is -4.30. The third-order valence-electron chi connectivity index (χ3n) is 4.23. The molecule has 3 aromatic carbocycles. The molecule has 0 radical (unpaired) electrons. The number of hydrogen-bond donors (Lipinski definition) is 0. The second-order valence-electron chi connectivity index (χ2n) is 5.94. The molecule has 0 aliphatic carbocycles. The third kappa shape index (κ3) is 2.67. The van der Waals surface area contributed by atoms with Crippen molar-refractivity contribution in [3.63, 3.8) is 0 Å². The van der Waals surface area contributed by atoms with Crippen LogP contribution in [0.3, 0.4) is 0 Å². The highest BCUT2D eigenvalue weighted by Gasteiger charge is 2.30. The largest absolute Gasteiger partial charge is 0.357 e. The van der Waals surface area contributed by atoms with E-state index in [9.17, 15) is 21.6 Å². The molecule has 0 spiro atoms. The van der Waals surface area contributed by atoms with Crippen molar-refractivity contribution in [1.82, 2.24) is 7.94 Å². The lowest BCUT2D eigenvalue weighted by atomic mass is 10.3. The fourth-order valence-electron chi connectivity index (χ4n) is 2.96. The van der Waals surface area contributed by atoms with Crippen LogP contribution in [0.1, 0.15) is 0 Å². The van der Waals surface area contributed by atoms with Crippen LogP contribution in [0.4, 0.5) is 0 Å². The molecule has 0 bridgehead atoms. The normalized spacial score (nSPS) is 12.3. The number of para-hydroxylation sites is 2. The Balaban J connectivity index is 2.11. The van der Waals surface area contributed by atoms with Gasteiger partial charge in [-0.25, -0.2) is 21.6 Å². The number of aromatic nitrogens is 2.